The van der Waals surface area contributed by atoms with Crippen molar-refractivity contribution in [1.82, 2.24) is 25.3 Å². The molecule has 1 aliphatic heterocycles. The van der Waals surface area contributed by atoms with Gasteiger partial charge in [-0.2, -0.15) is 0 Å². The number of likely N-dealkylation sites (tertiary alicyclic amines) is 1. The molecule has 1 heterocycles. The molecule has 4 amide bonds. The SMILES string of the molecule is CCCCCN(C)[C@H](C(=O)N[C@H](C(=O)N(C)[C@@H]([C@@H](C)CC)[C@@H](CC(=O)N1CCC[C@H]1[C@H](OC)[C@@H](C)C(=O)N[C@H](Cc1ccccc1)C(=O)O)OC)C(C)C)C(C)C. The maximum Gasteiger partial charge on any atom is 0.326 e. The smallest absolute Gasteiger partial charge is 0.326 e. The number of carbonyl (C=O) groups excluding carboxylic acids is 4. The Balaban J connectivity index is 2.27. The number of carbonyl (C=O) groups is 5. The van der Waals surface area contributed by atoms with Crippen LogP contribution in [0, 0.1) is 23.7 Å². The molecule has 13 nitrogen and oxygen atoms in total. The summed E-state index contributed by atoms with van der Waals surface area (Å²) in [5.74, 6) is -3.14. The van der Waals surface area contributed by atoms with Gasteiger partial charge in [0.05, 0.1) is 42.7 Å². The minimum Gasteiger partial charge on any atom is -0.480 e. The van der Waals surface area contributed by atoms with Crippen molar-refractivity contribution in [1.29, 1.82) is 0 Å². The van der Waals surface area contributed by atoms with Crippen LogP contribution in [0.3, 0.4) is 0 Å². The van der Waals surface area contributed by atoms with Gasteiger partial charge in [0, 0.05) is 34.2 Å². The standard InChI is InChI=1S/C44H75N5O8/c1-13-15-19-24-47(9)38(29(5)6)42(52)46-37(28(3)4)43(53)48(10)39(30(7)14-2)35(56-11)27-36(50)49-25-20-23-34(49)40(57-12)31(8)41(51)45-33(44(54)55)26-32-21-17-16-18-22-32/h16-18,21-22,28-31,33-35,37-40H,13-15,19-20,23-27H2,1-12H3,(H,45,51)(H,46,52)(H,54,55)/t30-,31+,33+,34-,35+,37-,38-,39-,40+/m0/s1. The van der Waals surface area contributed by atoms with E-state index in [0.29, 0.717) is 19.4 Å². The Hall–Kier alpha value is -3.55. The lowest BCUT2D eigenvalue weighted by molar-refractivity contribution is -0.148. The number of unbranched alkanes of at least 4 members (excludes halogenated alkanes) is 2. The Labute approximate surface area is 343 Å². The van der Waals surface area contributed by atoms with Gasteiger partial charge in [0.15, 0.2) is 0 Å². The van der Waals surface area contributed by atoms with Crippen LogP contribution in [0.2, 0.25) is 0 Å². The van der Waals surface area contributed by atoms with Gasteiger partial charge in [0.25, 0.3) is 0 Å². The van der Waals surface area contributed by atoms with Crippen LogP contribution in [0.25, 0.3) is 0 Å². The van der Waals surface area contributed by atoms with Crippen LogP contribution < -0.4 is 10.6 Å². The fourth-order valence-electron chi connectivity index (χ4n) is 8.39. The maximum absolute atomic E-state index is 14.4. The monoisotopic (exact) mass is 802 g/mol. The average Bonchev–Trinajstić information content (AvgIpc) is 3.66. The number of nitrogens with one attached hydrogen (secondary N) is 2. The summed E-state index contributed by atoms with van der Waals surface area (Å²) in [5.41, 5.74) is 0.787. The summed E-state index contributed by atoms with van der Waals surface area (Å²) in [7, 11) is 6.75. The summed E-state index contributed by atoms with van der Waals surface area (Å²) >= 11 is 0. The number of hydrogen-bond acceptors (Lipinski definition) is 8. The second-order valence-electron chi connectivity index (χ2n) is 16.8. The predicted octanol–water partition coefficient (Wildman–Crippen LogP) is 5.01. The first-order chi connectivity index (χ1) is 26.9. The minimum absolute atomic E-state index is 0.00845. The third-order valence-corrected chi connectivity index (χ3v) is 11.9. The van der Waals surface area contributed by atoms with Gasteiger partial charge in [0.1, 0.15) is 12.1 Å². The van der Waals surface area contributed by atoms with Crippen LogP contribution >= 0.6 is 0 Å². The van der Waals surface area contributed by atoms with Crippen molar-refractivity contribution < 1.29 is 38.6 Å². The van der Waals surface area contributed by atoms with E-state index >= 15 is 0 Å². The number of methoxy groups -OCH3 is 2. The van der Waals surface area contributed by atoms with E-state index < -0.39 is 54.2 Å². The van der Waals surface area contributed by atoms with E-state index in [0.717, 1.165) is 37.8 Å². The zero-order chi connectivity index (χ0) is 43.0. The first-order valence-corrected chi connectivity index (χ1v) is 21.1. The van der Waals surface area contributed by atoms with E-state index in [1.165, 1.54) is 7.11 Å². The lowest BCUT2D eigenvalue weighted by Crippen LogP contribution is -2.60. The van der Waals surface area contributed by atoms with E-state index in [-0.39, 0.29) is 54.4 Å². The maximum atomic E-state index is 14.4. The zero-order valence-electron chi connectivity index (χ0n) is 37.0. The Bertz CT molecular complexity index is 1410. The first-order valence-electron chi connectivity index (χ1n) is 21.1. The third kappa shape index (κ3) is 14.1. The number of amides is 4. The van der Waals surface area contributed by atoms with Gasteiger partial charge in [-0.3, -0.25) is 24.1 Å². The molecular formula is C44H75N5O8. The van der Waals surface area contributed by atoms with E-state index in [2.05, 4.69) is 22.5 Å². The molecule has 3 N–H and O–H groups in total. The van der Waals surface area contributed by atoms with Gasteiger partial charge in [-0.05, 0) is 56.2 Å². The highest BCUT2D eigenvalue weighted by Crippen LogP contribution is 2.30. The predicted molar refractivity (Wildman–Crippen MR) is 223 cm³/mol. The third-order valence-electron chi connectivity index (χ3n) is 11.9. The number of rotatable bonds is 25. The number of benzene rings is 1. The van der Waals surface area contributed by atoms with Gasteiger partial charge in [-0.1, -0.05) is 105 Å². The van der Waals surface area contributed by atoms with E-state index in [9.17, 15) is 29.1 Å². The van der Waals surface area contributed by atoms with E-state index in [1.54, 1.807) is 30.9 Å². The second kappa shape index (κ2) is 24.4. The van der Waals surface area contributed by atoms with Crippen LogP contribution in [0.5, 0.6) is 0 Å². The van der Waals surface area contributed by atoms with Crippen molar-refractivity contribution in [3.63, 3.8) is 0 Å². The molecular weight excluding hydrogens is 727 g/mol. The number of carboxylic acids is 1. The lowest BCUT2D eigenvalue weighted by atomic mass is 9.89. The zero-order valence-corrected chi connectivity index (χ0v) is 37.0. The highest BCUT2D eigenvalue weighted by atomic mass is 16.5. The fraction of sp³-hybridized carbons (Fsp3) is 0.750. The average molecular weight is 802 g/mol. The molecule has 0 aromatic heterocycles. The molecule has 0 spiro atoms. The number of hydrogen-bond donors (Lipinski definition) is 3. The van der Waals surface area contributed by atoms with Crippen molar-refractivity contribution in [2.75, 3.05) is 41.4 Å². The molecule has 0 radical (unpaired) electrons. The molecule has 2 rings (SSSR count). The van der Waals surface area contributed by atoms with Crippen LogP contribution in [-0.2, 0) is 39.9 Å². The quantitative estimate of drug-likeness (QED) is 0.116. The van der Waals surface area contributed by atoms with Gasteiger partial charge in [-0.15, -0.1) is 0 Å². The topological polar surface area (TPSA) is 158 Å². The van der Waals surface area contributed by atoms with E-state index in [4.69, 9.17) is 9.47 Å². The van der Waals surface area contributed by atoms with Crippen LogP contribution in [-0.4, -0.2) is 133 Å². The van der Waals surface area contributed by atoms with Gasteiger partial charge < -0.3 is 35.0 Å². The summed E-state index contributed by atoms with van der Waals surface area (Å²) in [6.45, 7) is 17.1. The molecule has 0 aliphatic carbocycles. The molecule has 1 saturated heterocycles. The van der Waals surface area contributed by atoms with Gasteiger partial charge in [-0.25, -0.2) is 4.79 Å². The van der Waals surface area contributed by atoms with Crippen LogP contribution in [0.15, 0.2) is 30.3 Å². The largest absolute Gasteiger partial charge is 0.480 e. The lowest BCUT2D eigenvalue weighted by Gasteiger charge is -2.41. The minimum atomic E-state index is -1.14. The Morgan fingerprint density at radius 3 is 2.07 bits per heavy atom. The molecule has 13 heteroatoms. The summed E-state index contributed by atoms with van der Waals surface area (Å²) < 4.78 is 11.9. The van der Waals surface area contributed by atoms with Crippen molar-refractivity contribution >= 4 is 29.6 Å². The van der Waals surface area contributed by atoms with Crippen molar-refractivity contribution in [3.8, 4) is 0 Å². The van der Waals surface area contributed by atoms with Crippen molar-refractivity contribution in [2.24, 2.45) is 23.7 Å². The highest BCUT2D eigenvalue weighted by molar-refractivity contribution is 5.90. The Kier molecular flexibility index (Phi) is 21.2. The molecule has 1 aliphatic rings. The van der Waals surface area contributed by atoms with Crippen LogP contribution in [0.1, 0.15) is 106 Å². The number of likely N-dealkylation sites (N-methyl/N-ethyl adjacent to an activating group) is 2. The van der Waals surface area contributed by atoms with Crippen LogP contribution in [0.4, 0.5) is 0 Å². The molecule has 1 aromatic rings. The number of ether oxygens (including phenoxy) is 2. The van der Waals surface area contributed by atoms with Gasteiger partial charge >= 0.3 is 5.97 Å². The Morgan fingerprint density at radius 1 is 0.895 bits per heavy atom. The fourth-order valence-corrected chi connectivity index (χ4v) is 8.39. The molecule has 0 bridgehead atoms. The summed E-state index contributed by atoms with van der Waals surface area (Å²) in [5, 5.41) is 15.7. The molecule has 1 aromatic carbocycles. The molecule has 0 unspecified atom stereocenters. The normalized spacial score (nSPS) is 18.7. The molecule has 0 saturated carbocycles. The summed E-state index contributed by atoms with van der Waals surface area (Å²) in [6.07, 6.45) is 3.99. The summed E-state index contributed by atoms with van der Waals surface area (Å²) in [6, 6.07) is 5.92. The first kappa shape index (κ1) is 49.6. The molecule has 9 atom stereocenters. The molecule has 324 valence electrons. The number of aliphatic carboxylic acids is 1. The number of nitrogens with zero attached hydrogens (tertiary/aromatic N) is 3. The summed E-state index contributed by atoms with van der Waals surface area (Å²) in [4.78, 5) is 73.6. The highest BCUT2D eigenvalue weighted by Gasteiger charge is 2.43. The van der Waals surface area contributed by atoms with E-state index in [1.807, 2.05) is 78.9 Å². The Morgan fingerprint density at radius 2 is 1.54 bits per heavy atom. The van der Waals surface area contributed by atoms with Crippen molar-refractivity contribution in [3.05, 3.63) is 35.9 Å². The molecule has 57 heavy (non-hydrogen) atoms. The van der Waals surface area contributed by atoms with Crippen molar-refractivity contribution in [2.45, 2.75) is 149 Å². The number of carboxylic acid groups (broad SMARTS) is 1. The van der Waals surface area contributed by atoms with Gasteiger partial charge in [0.2, 0.25) is 23.6 Å². The molecule has 1 fully saturated rings. The second-order valence-corrected chi connectivity index (χ2v) is 16.8.